The Morgan fingerprint density at radius 1 is 1.29 bits per heavy atom. The number of aromatic nitrogens is 1. The van der Waals surface area contributed by atoms with Gasteiger partial charge >= 0.3 is 0 Å². The Balaban J connectivity index is 1.94. The highest BCUT2D eigenvalue weighted by molar-refractivity contribution is 7.91. The van der Waals surface area contributed by atoms with Crippen molar-refractivity contribution in [1.82, 2.24) is 14.6 Å². The lowest BCUT2D eigenvalue weighted by molar-refractivity contribution is 0.292. The highest BCUT2D eigenvalue weighted by Gasteiger charge is 2.15. The molecule has 0 aromatic carbocycles. The van der Waals surface area contributed by atoms with Gasteiger partial charge in [0, 0.05) is 11.9 Å². The minimum absolute atomic E-state index is 0.239. The third-order valence-electron chi connectivity index (χ3n) is 3.05. The van der Waals surface area contributed by atoms with Gasteiger partial charge in [0.15, 0.2) is 0 Å². The Kier molecular flexibility index (Phi) is 5.88. The summed E-state index contributed by atoms with van der Waals surface area (Å²) in [6.07, 6.45) is 0. The zero-order chi connectivity index (χ0) is 15.3. The largest absolute Gasteiger partial charge is 0.298 e. The van der Waals surface area contributed by atoms with Gasteiger partial charge in [0.05, 0.1) is 12.2 Å². The molecule has 1 N–H and O–H groups in total. The van der Waals surface area contributed by atoms with E-state index in [1.165, 1.54) is 22.7 Å². The number of thiazole rings is 1. The van der Waals surface area contributed by atoms with Crippen LogP contribution in [0.3, 0.4) is 0 Å². The molecule has 5 nitrogen and oxygen atoms in total. The molecule has 21 heavy (non-hydrogen) atoms. The summed E-state index contributed by atoms with van der Waals surface area (Å²) in [6, 6.07) is 3.32. The second-order valence-corrected chi connectivity index (χ2v) is 8.33. The summed E-state index contributed by atoms with van der Waals surface area (Å²) in [5, 5.41) is 4.53. The molecule has 0 fully saturated rings. The smallest absolute Gasteiger partial charge is 0.250 e. The lowest BCUT2D eigenvalue weighted by atomic mass is 10.4. The number of thiophene rings is 1. The van der Waals surface area contributed by atoms with Gasteiger partial charge in [-0.2, -0.15) is 0 Å². The SMILES string of the molecule is CCN(CC)Cc1csc(CNS(=O)(=O)c2cccs2)n1. The van der Waals surface area contributed by atoms with Gasteiger partial charge in [-0.25, -0.2) is 18.1 Å². The van der Waals surface area contributed by atoms with Crippen molar-refractivity contribution in [3.63, 3.8) is 0 Å². The maximum Gasteiger partial charge on any atom is 0.250 e. The molecule has 0 spiro atoms. The molecule has 0 aliphatic rings. The fourth-order valence-electron chi connectivity index (χ4n) is 1.82. The summed E-state index contributed by atoms with van der Waals surface area (Å²) in [6.45, 7) is 7.24. The predicted molar refractivity (Wildman–Crippen MR) is 87.1 cm³/mol. The van der Waals surface area contributed by atoms with Crippen LogP contribution >= 0.6 is 22.7 Å². The highest BCUT2D eigenvalue weighted by Crippen LogP contribution is 2.17. The van der Waals surface area contributed by atoms with Crippen LogP contribution in [0.1, 0.15) is 24.5 Å². The summed E-state index contributed by atoms with van der Waals surface area (Å²) < 4.78 is 26.9. The van der Waals surface area contributed by atoms with Crippen molar-refractivity contribution in [2.75, 3.05) is 13.1 Å². The molecule has 0 bridgehead atoms. The van der Waals surface area contributed by atoms with Crippen molar-refractivity contribution in [2.45, 2.75) is 31.1 Å². The van der Waals surface area contributed by atoms with Crippen molar-refractivity contribution in [3.05, 3.63) is 33.6 Å². The number of hydrogen-bond acceptors (Lipinski definition) is 6. The first-order valence-electron chi connectivity index (χ1n) is 6.74. The van der Waals surface area contributed by atoms with Crippen LogP contribution in [0.5, 0.6) is 0 Å². The first kappa shape index (κ1) is 16.6. The van der Waals surface area contributed by atoms with E-state index in [0.717, 1.165) is 30.3 Å². The van der Waals surface area contributed by atoms with E-state index in [4.69, 9.17) is 0 Å². The zero-order valence-electron chi connectivity index (χ0n) is 12.1. The first-order valence-corrected chi connectivity index (χ1v) is 9.98. The minimum atomic E-state index is -3.41. The Morgan fingerprint density at radius 3 is 2.67 bits per heavy atom. The Hall–Kier alpha value is -0.800. The standard InChI is InChI=1S/C13H19N3O2S3/c1-3-16(4-2)9-11-10-20-12(15-11)8-14-21(17,18)13-6-5-7-19-13/h5-7,10,14H,3-4,8-9H2,1-2H3. The number of nitrogens with one attached hydrogen (secondary N) is 1. The lowest BCUT2D eigenvalue weighted by Crippen LogP contribution is -2.23. The Bertz CT molecular complexity index is 646. The van der Waals surface area contributed by atoms with E-state index < -0.39 is 10.0 Å². The monoisotopic (exact) mass is 345 g/mol. The van der Waals surface area contributed by atoms with Crippen molar-refractivity contribution < 1.29 is 8.42 Å². The second-order valence-electron chi connectivity index (χ2n) is 4.45. The Morgan fingerprint density at radius 2 is 2.05 bits per heavy atom. The van der Waals surface area contributed by atoms with E-state index in [9.17, 15) is 8.42 Å². The molecule has 2 aromatic rings. The van der Waals surface area contributed by atoms with Crippen LogP contribution in [0.2, 0.25) is 0 Å². The highest BCUT2D eigenvalue weighted by atomic mass is 32.2. The molecule has 2 aromatic heterocycles. The number of nitrogens with zero attached hydrogens (tertiary/aromatic N) is 2. The first-order chi connectivity index (χ1) is 10.0. The molecule has 0 saturated carbocycles. The lowest BCUT2D eigenvalue weighted by Gasteiger charge is -2.15. The van der Waals surface area contributed by atoms with Crippen LogP contribution in [0, 0.1) is 0 Å². The molecule has 8 heteroatoms. The van der Waals surface area contributed by atoms with E-state index in [2.05, 4.69) is 28.5 Å². The maximum atomic E-state index is 12.0. The number of rotatable bonds is 8. The topological polar surface area (TPSA) is 62.3 Å². The predicted octanol–water partition coefficient (Wildman–Crippen LogP) is 2.52. The van der Waals surface area contributed by atoms with Crippen LogP contribution in [0.25, 0.3) is 0 Å². The molecule has 0 aliphatic carbocycles. The summed E-state index contributed by atoms with van der Waals surface area (Å²) in [4.78, 5) is 6.76. The van der Waals surface area contributed by atoms with Crippen molar-refractivity contribution >= 4 is 32.7 Å². The fourth-order valence-corrected chi connectivity index (χ4v) is 4.66. The van der Waals surface area contributed by atoms with Gasteiger partial charge in [0.25, 0.3) is 0 Å². The van der Waals surface area contributed by atoms with Gasteiger partial charge in [-0.05, 0) is 24.5 Å². The summed E-state index contributed by atoms with van der Waals surface area (Å²) in [5.41, 5.74) is 0.994. The normalized spacial score (nSPS) is 12.1. The summed E-state index contributed by atoms with van der Waals surface area (Å²) in [7, 11) is -3.41. The molecular weight excluding hydrogens is 326 g/mol. The zero-order valence-corrected chi connectivity index (χ0v) is 14.5. The van der Waals surface area contributed by atoms with Crippen LogP contribution in [-0.2, 0) is 23.1 Å². The minimum Gasteiger partial charge on any atom is -0.298 e. The third kappa shape index (κ3) is 4.58. The summed E-state index contributed by atoms with van der Waals surface area (Å²) >= 11 is 2.70. The maximum absolute atomic E-state index is 12.0. The van der Waals surface area contributed by atoms with E-state index in [-0.39, 0.29) is 6.54 Å². The van der Waals surface area contributed by atoms with Gasteiger partial charge in [-0.1, -0.05) is 19.9 Å². The molecule has 2 heterocycles. The van der Waals surface area contributed by atoms with E-state index in [1.807, 2.05) is 5.38 Å². The quantitative estimate of drug-likeness (QED) is 0.798. The van der Waals surface area contributed by atoms with E-state index >= 15 is 0 Å². The van der Waals surface area contributed by atoms with Crippen molar-refractivity contribution in [3.8, 4) is 0 Å². The van der Waals surface area contributed by atoms with Crippen LogP contribution in [-0.4, -0.2) is 31.4 Å². The molecule has 0 unspecified atom stereocenters. The number of hydrogen-bond donors (Lipinski definition) is 1. The van der Waals surface area contributed by atoms with Crippen LogP contribution < -0.4 is 4.72 Å². The molecule has 116 valence electrons. The van der Waals surface area contributed by atoms with Crippen LogP contribution in [0.4, 0.5) is 0 Å². The second kappa shape index (κ2) is 7.46. The summed E-state index contributed by atoms with van der Waals surface area (Å²) in [5.74, 6) is 0. The van der Waals surface area contributed by atoms with Gasteiger partial charge in [0.1, 0.15) is 9.22 Å². The molecule has 0 atom stereocenters. The molecule has 2 rings (SSSR count). The molecule has 0 radical (unpaired) electrons. The average Bonchev–Trinajstić information content (AvgIpc) is 3.14. The van der Waals surface area contributed by atoms with Crippen molar-refractivity contribution in [1.29, 1.82) is 0 Å². The van der Waals surface area contributed by atoms with Crippen LogP contribution in [0.15, 0.2) is 27.1 Å². The molecule has 0 aliphatic heterocycles. The molecule has 0 amide bonds. The van der Waals surface area contributed by atoms with Crippen molar-refractivity contribution in [2.24, 2.45) is 0 Å². The van der Waals surface area contributed by atoms with E-state index in [1.54, 1.807) is 17.5 Å². The Labute approximate surface area is 133 Å². The van der Waals surface area contributed by atoms with Gasteiger partial charge in [-0.15, -0.1) is 22.7 Å². The van der Waals surface area contributed by atoms with Gasteiger partial charge < -0.3 is 0 Å². The average molecular weight is 346 g/mol. The molecular formula is C13H19N3O2S3. The van der Waals surface area contributed by atoms with E-state index in [0.29, 0.717) is 4.21 Å². The third-order valence-corrected chi connectivity index (χ3v) is 6.75. The fraction of sp³-hybridized carbons (Fsp3) is 0.462. The molecule has 0 saturated heterocycles. The van der Waals surface area contributed by atoms with Gasteiger partial charge in [0.2, 0.25) is 10.0 Å². The van der Waals surface area contributed by atoms with Gasteiger partial charge in [-0.3, -0.25) is 4.90 Å². The number of sulfonamides is 1.